The molecule has 13 heavy (non-hydrogen) atoms. The van der Waals surface area contributed by atoms with E-state index in [1.54, 1.807) is 18.0 Å². The molecule has 0 aromatic carbocycles. The Morgan fingerprint density at radius 1 is 1.62 bits per heavy atom. The first-order valence-electron chi connectivity index (χ1n) is 3.74. The van der Waals surface area contributed by atoms with Crippen molar-refractivity contribution in [2.45, 2.75) is 0 Å². The number of thioether (sulfide) groups is 1. The van der Waals surface area contributed by atoms with Gasteiger partial charge in [0.1, 0.15) is 0 Å². The standard InChI is InChI=1S/C10H10BrNS/c1-3-8(7-13-2)9-4-10(11)6-12-5-9/h3-7H,1H2,2H3/b8-7+. The molecule has 1 aromatic heterocycles. The topological polar surface area (TPSA) is 12.9 Å². The molecule has 0 unspecified atom stereocenters. The molecule has 0 atom stereocenters. The first kappa shape index (κ1) is 10.5. The lowest BCUT2D eigenvalue weighted by Crippen LogP contribution is -1.82. The first-order valence-corrected chi connectivity index (χ1v) is 5.82. The highest BCUT2D eigenvalue weighted by Crippen LogP contribution is 2.20. The first-order chi connectivity index (χ1) is 6.27. The summed E-state index contributed by atoms with van der Waals surface area (Å²) in [5.74, 6) is 0. The third-order valence-electron chi connectivity index (χ3n) is 1.50. The van der Waals surface area contributed by atoms with Gasteiger partial charge in [0.2, 0.25) is 0 Å². The minimum Gasteiger partial charge on any atom is -0.263 e. The number of pyridine rings is 1. The molecular formula is C10H10BrNS. The Bertz CT molecular complexity index is 333. The quantitative estimate of drug-likeness (QED) is 0.764. The lowest BCUT2D eigenvalue weighted by molar-refractivity contribution is 1.29. The predicted molar refractivity (Wildman–Crippen MR) is 63.6 cm³/mol. The fourth-order valence-corrected chi connectivity index (χ4v) is 1.78. The molecule has 0 bridgehead atoms. The number of hydrogen-bond donors (Lipinski definition) is 0. The van der Waals surface area contributed by atoms with Crippen LogP contribution in [-0.2, 0) is 0 Å². The summed E-state index contributed by atoms with van der Waals surface area (Å²) < 4.78 is 0.985. The normalized spacial score (nSPS) is 11.4. The van der Waals surface area contributed by atoms with Crippen LogP contribution >= 0.6 is 27.7 Å². The minimum atomic E-state index is 0.985. The Balaban J connectivity index is 3.05. The summed E-state index contributed by atoms with van der Waals surface area (Å²) in [5.41, 5.74) is 2.18. The van der Waals surface area contributed by atoms with Gasteiger partial charge in [0.15, 0.2) is 0 Å². The molecular weight excluding hydrogens is 246 g/mol. The number of allylic oxidation sites excluding steroid dienone is 2. The van der Waals surface area contributed by atoms with Crippen LogP contribution in [0.3, 0.4) is 0 Å². The summed E-state index contributed by atoms with van der Waals surface area (Å²) in [7, 11) is 0. The van der Waals surface area contributed by atoms with Gasteiger partial charge in [0.05, 0.1) is 0 Å². The molecule has 0 saturated carbocycles. The second-order valence-electron chi connectivity index (χ2n) is 2.40. The van der Waals surface area contributed by atoms with Crippen molar-refractivity contribution in [3.8, 4) is 0 Å². The second-order valence-corrected chi connectivity index (χ2v) is 4.03. The zero-order valence-corrected chi connectivity index (χ0v) is 9.73. The van der Waals surface area contributed by atoms with Gasteiger partial charge in [-0.15, -0.1) is 11.8 Å². The van der Waals surface area contributed by atoms with Gasteiger partial charge >= 0.3 is 0 Å². The SMILES string of the molecule is C=C/C(=C\SC)c1cncc(Br)c1. The third-order valence-corrected chi connectivity index (χ3v) is 2.43. The molecule has 0 fully saturated rings. The van der Waals surface area contributed by atoms with Crippen LogP contribution in [0, 0.1) is 0 Å². The average molecular weight is 256 g/mol. The second kappa shape index (κ2) is 5.25. The van der Waals surface area contributed by atoms with Gasteiger partial charge in [0.25, 0.3) is 0 Å². The number of nitrogens with zero attached hydrogens (tertiary/aromatic N) is 1. The van der Waals surface area contributed by atoms with E-state index in [1.165, 1.54) is 0 Å². The molecule has 0 aliphatic rings. The Morgan fingerprint density at radius 3 is 2.92 bits per heavy atom. The fraction of sp³-hybridized carbons (Fsp3) is 0.100. The van der Waals surface area contributed by atoms with Gasteiger partial charge in [-0.25, -0.2) is 0 Å². The molecule has 1 aromatic rings. The Morgan fingerprint density at radius 2 is 2.38 bits per heavy atom. The summed E-state index contributed by atoms with van der Waals surface area (Å²) in [5, 5.41) is 2.05. The average Bonchev–Trinajstić information content (AvgIpc) is 2.14. The largest absolute Gasteiger partial charge is 0.263 e. The van der Waals surface area contributed by atoms with Crippen LogP contribution in [0.5, 0.6) is 0 Å². The number of aromatic nitrogens is 1. The summed E-state index contributed by atoms with van der Waals surface area (Å²) in [6.07, 6.45) is 7.45. The van der Waals surface area contributed by atoms with Crippen molar-refractivity contribution in [2.24, 2.45) is 0 Å². The molecule has 0 N–H and O–H groups in total. The van der Waals surface area contributed by atoms with Crippen LogP contribution < -0.4 is 0 Å². The Labute approximate surface area is 91.1 Å². The lowest BCUT2D eigenvalue weighted by Gasteiger charge is -2.00. The summed E-state index contributed by atoms with van der Waals surface area (Å²) in [4.78, 5) is 4.09. The van der Waals surface area contributed by atoms with Gasteiger partial charge in [0, 0.05) is 22.4 Å². The molecule has 0 radical (unpaired) electrons. The molecule has 0 aliphatic heterocycles. The zero-order valence-electron chi connectivity index (χ0n) is 7.33. The maximum Gasteiger partial charge on any atom is 0.0410 e. The van der Waals surface area contributed by atoms with Crippen LogP contribution in [-0.4, -0.2) is 11.2 Å². The molecule has 0 aliphatic carbocycles. The minimum absolute atomic E-state index is 0.985. The molecule has 1 heterocycles. The van der Waals surface area contributed by atoms with Crippen LogP contribution in [0.25, 0.3) is 5.57 Å². The van der Waals surface area contributed by atoms with Crippen molar-refractivity contribution in [3.63, 3.8) is 0 Å². The number of halogens is 1. The van der Waals surface area contributed by atoms with E-state index in [0.29, 0.717) is 0 Å². The molecule has 3 heteroatoms. The highest BCUT2D eigenvalue weighted by molar-refractivity contribution is 9.10. The smallest absolute Gasteiger partial charge is 0.0410 e. The summed E-state index contributed by atoms with van der Waals surface area (Å²) >= 11 is 5.04. The van der Waals surface area contributed by atoms with E-state index in [4.69, 9.17) is 0 Å². The van der Waals surface area contributed by atoms with Crippen molar-refractivity contribution in [1.29, 1.82) is 0 Å². The van der Waals surface area contributed by atoms with Gasteiger partial charge in [-0.1, -0.05) is 12.7 Å². The lowest BCUT2D eigenvalue weighted by atomic mass is 10.1. The Kier molecular flexibility index (Phi) is 4.25. The van der Waals surface area contributed by atoms with Crippen LogP contribution in [0.2, 0.25) is 0 Å². The molecule has 68 valence electrons. The molecule has 1 nitrogen and oxygen atoms in total. The van der Waals surface area contributed by atoms with Gasteiger partial charge in [-0.05, 0) is 39.2 Å². The van der Waals surface area contributed by atoms with E-state index in [-0.39, 0.29) is 0 Å². The molecule has 0 amide bonds. The van der Waals surface area contributed by atoms with E-state index < -0.39 is 0 Å². The van der Waals surface area contributed by atoms with Crippen molar-refractivity contribution in [1.82, 2.24) is 4.98 Å². The van der Waals surface area contributed by atoms with Gasteiger partial charge in [-0.2, -0.15) is 0 Å². The number of hydrogen-bond acceptors (Lipinski definition) is 2. The molecule has 0 saturated heterocycles. The van der Waals surface area contributed by atoms with Crippen molar-refractivity contribution < 1.29 is 0 Å². The summed E-state index contributed by atoms with van der Waals surface area (Å²) in [6, 6.07) is 2.02. The molecule has 0 spiro atoms. The highest BCUT2D eigenvalue weighted by Gasteiger charge is 1.97. The fourth-order valence-electron chi connectivity index (χ4n) is 0.931. The maximum absolute atomic E-state index is 4.09. The van der Waals surface area contributed by atoms with E-state index in [1.807, 2.05) is 24.6 Å². The zero-order chi connectivity index (χ0) is 9.68. The summed E-state index contributed by atoms with van der Waals surface area (Å²) in [6.45, 7) is 3.76. The predicted octanol–water partition coefficient (Wildman–Crippen LogP) is 3.73. The van der Waals surface area contributed by atoms with E-state index in [0.717, 1.165) is 15.6 Å². The van der Waals surface area contributed by atoms with Crippen LogP contribution in [0.4, 0.5) is 0 Å². The highest BCUT2D eigenvalue weighted by atomic mass is 79.9. The van der Waals surface area contributed by atoms with Crippen molar-refractivity contribution in [3.05, 3.63) is 46.6 Å². The van der Waals surface area contributed by atoms with Crippen molar-refractivity contribution >= 4 is 33.3 Å². The van der Waals surface area contributed by atoms with Crippen LogP contribution in [0.1, 0.15) is 5.56 Å². The number of rotatable bonds is 3. The van der Waals surface area contributed by atoms with Gasteiger partial charge < -0.3 is 0 Å². The Hall–Kier alpha value is -0.540. The maximum atomic E-state index is 4.09. The third kappa shape index (κ3) is 3.01. The monoisotopic (exact) mass is 255 g/mol. The van der Waals surface area contributed by atoms with E-state index >= 15 is 0 Å². The van der Waals surface area contributed by atoms with E-state index in [9.17, 15) is 0 Å². The van der Waals surface area contributed by atoms with Crippen LogP contribution in [0.15, 0.2) is 41.0 Å². The van der Waals surface area contributed by atoms with E-state index in [2.05, 4.69) is 32.9 Å². The van der Waals surface area contributed by atoms with Crippen molar-refractivity contribution in [2.75, 3.05) is 6.26 Å². The van der Waals surface area contributed by atoms with Gasteiger partial charge in [-0.3, -0.25) is 4.98 Å². The molecule has 1 rings (SSSR count).